The largest absolute Gasteiger partial charge is 0.507 e. The molecular formula is C24H27N3O4. The van der Waals surface area contributed by atoms with Gasteiger partial charge in [-0.1, -0.05) is 37.6 Å². The number of aliphatic hydroxyl groups excluding tert-OH is 1. The number of aromatic nitrogens is 2. The Morgan fingerprint density at radius 1 is 1.16 bits per heavy atom. The van der Waals surface area contributed by atoms with Crippen LogP contribution in [0, 0.1) is 0 Å². The first-order valence-corrected chi connectivity index (χ1v) is 10.7. The van der Waals surface area contributed by atoms with E-state index in [1.807, 2.05) is 30.3 Å². The highest BCUT2D eigenvalue weighted by atomic mass is 16.5. The molecule has 0 radical (unpaired) electrons. The number of nitrogens with zero attached hydrogens (tertiary/aromatic N) is 2. The summed E-state index contributed by atoms with van der Waals surface area (Å²) >= 11 is 0. The molecule has 1 aliphatic heterocycles. The number of aromatic amines is 1. The lowest BCUT2D eigenvalue weighted by atomic mass is 9.95. The fraction of sp³-hybridized carbons (Fsp3) is 0.333. The average molecular weight is 421 g/mol. The SMILES string of the molecule is CCCCOc1cccc([C@@H]2c3c(-c4ccccc4O)n[nH]c3C(=O)N2CCCO)c1. The Morgan fingerprint density at radius 3 is 2.77 bits per heavy atom. The molecule has 0 spiro atoms. The highest BCUT2D eigenvalue weighted by Crippen LogP contribution is 2.44. The van der Waals surface area contributed by atoms with Gasteiger partial charge in [0.25, 0.3) is 5.91 Å². The molecule has 1 atom stereocenters. The van der Waals surface area contributed by atoms with Crippen molar-refractivity contribution in [2.24, 2.45) is 0 Å². The molecule has 1 amide bonds. The molecule has 2 heterocycles. The van der Waals surface area contributed by atoms with Gasteiger partial charge in [0.05, 0.1) is 12.6 Å². The van der Waals surface area contributed by atoms with E-state index in [0.29, 0.717) is 36.5 Å². The van der Waals surface area contributed by atoms with Gasteiger partial charge in [0.2, 0.25) is 0 Å². The van der Waals surface area contributed by atoms with Gasteiger partial charge >= 0.3 is 0 Å². The normalized spacial score (nSPS) is 15.4. The number of ether oxygens (including phenoxy) is 1. The summed E-state index contributed by atoms with van der Waals surface area (Å²) in [5.74, 6) is 0.690. The number of phenols is 1. The van der Waals surface area contributed by atoms with Gasteiger partial charge in [-0.2, -0.15) is 5.10 Å². The van der Waals surface area contributed by atoms with E-state index in [2.05, 4.69) is 17.1 Å². The van der Waals surface area contributed by atoms with Crippen molar-refractivity contribution in [2.45, 2.75) is 32.2 Å². The second-order valence-electron chi connectivity index (χ2n) is 7.63. The molecule has 31 heavy (non-hydrogen) atoms. The van der Waals surface area contributed by atoms with Gasteiger partial charge in [-0.05, 0) is 42.7 Å². The minimum absolute atomic E-state index is 0.00478. The summed E-state index contributed by atoms with van der Waals surface area (Å²) in [7, 11) is 0. The molecule has 0 saturated carbocycles. The van der Waals surface area contributed by atoms with Crippen LogP contribution >= 0.6 is 0 Å². The number of phenolic OH excluding ortho intramolecular Hbond substituents is 1. The summed E-state index contributed by atoms with van der Waals surface area (Å²) in [5, 5.41) is 27.0. The molecule has 7 nitrogen and oxygen atoms in total. The summed E-state index contributed by atoms with van der Waals surface area (Å²) in [6.45, 7) is 3.15. The zero-order chi connectivity index (χ0) is 21.8. The first kappa shape index (κ1) is 20.9. The van der Waals surface area contributed by atoms with E-state index in [9.17, 15) is 15.0 Å². The molecule has 162 valence electrons. The van der Waals surface area contributed by atoms with E-state index >= 15 is 0 Å². The van der Waals surface area contributed by atoms with Crippen LogP contribution in [0.1, 0.15) is 53.8 Å². The number of para-hydroxylation sites is 1. The lowest BCUT2D eigenvalue weighted by Crippen LogP contribution is -2.31. The topological polar surface area (TPSA) is 98.7 Å². The minimum Gasteiger partial charge on any atom is -0.507 e. The molecule has 3 aromatic rings. The lowest BCUT2D eigenvalue weighted by molar-refractivity contribution is 0.0732. The Kier molecular flexibility index (Phi) is 6.23. The number of hydrogen-bond acceptors (Lipinski definition) is 5. The minimum atomic E-state index is -0.392. The maximum atomic E-state index is 13.2. The highest BCUT2D eigenvalue weighted by Gasteiger charge is 2.42. The zero-order valence-electron chi connectivity index (χ0n) is 17.5. The number of aromatic hydroxyl groups is 1. The van der Waals surface area contributed by atoms with E-state index in [0.717, 1.165) is 29.7 Å². The molecule has 4 rings (SSSR count). The van der Waals surface area contributed by atoms with Crippen molar-refractivity contribution in [3.8, 4) is 22.8 Å². The van der Waals surface area contributed by atoms with Gasteiger partial charge in [-0.15, -0.1) is 0 Å². The van der Waals surface area contributed by atoms with E-state index in [-0.39, 0.29) is 18.3 Å². The van der Waals surface area contributed by atoms with E-state index in [1.54, 1.807) is 23.1 Å². The Hall–Kier alpha value is -3.32. The number of carbonyl (C=O) groups is 1. The Bertz CT molecular complexity index is 1060. The quantitative estimate of drug-likeness (QED) is 0.455. The van der Waals surface area contributed by atoms with Crippen molar-refractivity contribution in [3.63, 3.8) is 0 Å². The number of unbranched alkanes of at least 4 members (excludes halogenated alkanes) is 1. The molecule has 0 bridgehead atoms. The van der Waals surface area contributed by atoms with Crippen LogP contribution in [0.25, 0.3) is 11.3 Å². The van der Waals surface area contributed by atoms with E-state index in [4.69, 9.17) is 4.74 Å². The number of rotatable bonds is 9. The predicted octanol–water partition coefficient (Wildman–Crippen LogP) is 3.89. The van der Waals surface area contributed by atoms with Crippen LogP contribution in [-0.2, 0) is 0 Å². The fourth-order valence-electron chi connectivity index (χ4n) is 4.00. The molecule has 0 aliphatic carbocycles. The fourth-order valence-corrected chi connectivity index (χ4v) is 4.00. The number of carbonyl (C=O) groups excluding carboxylic acids is 1. The van der Waals surface area contributed by atoms with Crippen LogP contribution < -0.4 is 4.74 Å². The van der Waals surface area contributed by atoms with Gasteiger partial charge in [0.15, 0.2) is 0 Å². The average Bonchev–Trinajstić information content (AvgIpc) is 3.32. The maximum absolute atomic E-state index is 13.2. The number of fused-ring (bicyclic) bond motifs is 1. The standard InChI is InChI=1S/C24H27N3O4/c1-2-3-14-31-17-9-6-8-16(15-17)23-20-21(18-10-4-5-11-19(18)29)25-26-22(20)24(30)27(23)12-7-13-28/h4-6,8-11,15,23,28-29H,2-3,7,12-14H2,1H3,(H,25,26)/t23-/m1/s1. The predicted molar refractivity (Wildman–Crippen MR) is 117 cm³/mol. The van der Waals surface area contributed by atoms with Crippen molar-refractivity contribution >= 4 is 5.91 Å². The van der Waals surface area contributed by atoms with Crippen molar-refractivity contribution in [3.05, 3.63) is 65.4 Å². The van der Waals surface area contributed by atoms with Crippen molar-refractivity contribution < 1.29 is 19.7 Å². The Balaban J connectivity index is 1.79. The summed E-state index contributed by atoms with van der Waals surface area (Å²) in [6, 6.07) is 14.3. The summed E-state index contributed by atoms with van der Waals surface area (Å²) in [5.41, 5.74) is 3.16. The number of nitrogens with one attached hydrogen (secondary N) is 1. The van der Waals surface area contributed by atoms with Gasteiger partial charge in [0, 0.05) is 24.3 Å². The molecule has 0 unspecified atom stereocenters. The second kappa shape index (κ2) is 9.22. The number of amides is 1. The monoisotopic (exact) mass is 421 g/mol. The number of hydrogen-bond donors (Lipinski definition) is 3. The maximum Gasteiger partial charge on any atom is 0.273 e. The Morgan fingerprint density at radius 2 is 2.00 bits per heavy atom. The molecule has 7 heteroatoms. The zero-order valence-corrected chi connectivity index (χ0v) is 17.5. The summed E-state index contributed by atoms with van der Waals surface area (Å²) < 4.78 is 5.89. The lowest BCUT2D eigenvalue weighted by Gasteiger charge is -2.26. The molecule has 2 aromatic carbocycles. The van der Waals surface area contributed by atoms with Crippen LogP contribution in [0.3, 0.4) is 0 Å². The van der Waals surface area contributed by atoms with Gasteiger partial charge in [0.1, 0.15) is 22.9 Å². The van der Waals surface area contributed by atoms with Gasteiger partial charge < -0.3 is 19.8 Å². The van der Waals surface area contributed by atoms with Crippen molar-refractivity contribution in [1.29, 1.82) is 0 Å². The van der Waals surface area contributed by atoms with E-state index < -0.39 is 6.04 Å². The molecular weight excluding hydrogens is 394 g/mol. The third kappa shape index (κ3) is 4.01. The third-order valence-corrected chi connectivity index (χ3v) is 5.52. The molecule has 3 N–H and O–H groups in total. The van der Waals surface area contributed by atoms with Gasteiger partial charge in [-0.3, -0.25) is 9.89 Å². The molecule has 0 saturated heterocycles. The highest BCUT2D eigenvalue weighted by molar-refractivity contribution is 6.00. The molecule has 1 aromatic heterocycles. The van der Waals surface area contributed by atoms with Crippen molar-refractivity contribution in [1.82, 2.24) is 15.1 Å². The molecule has 1 aliphatic rings. The number of benzene rings is 2. The van der Waals surface area contributed by atoms with Crippen LogP contribution in [0.2, 0.25) is 0 Å². The first-order valence-electron chi connectivity index (χ1n) is 10.7. The molecule has 0 fully saturated rings. The van der Waals surface area contributed by atoms with Gasteiger partial charge in [-0.25, -0.2) is 0 Å². The Labute approximate surface area is 181 Å². The number of H-pyrrole nitrogens is 1. The summed E-state index contributed by atoms with van der Waals surface area (Å²) in [6.07, 6.45) is 2.49. The van der Waals surface area contributed by atoms with Crippen LogP contribution in [-0.4, -0.2) is 51.0 Å². The second-order valence-corrected chi connectivity index (χ2v) is 7.63. The van der Waals surface area contributed by atoms with Crippen molar-refractivity contribution in [2.75, 3.05) is 19.8 Å². The van der Waals surface area contributed by atoms with Crippen LogP contribution in [0.5, 0.6) is 11.5 Å². The summed E-state index contributed by atoms with van der Waals surface area (Å²) in [4.78, 5) is 14.9. The smallest absolute Gasteiger partial charge is 0.273 e. The van der Waals surface area contributed by atoms with Crippen LogP contribution in [0.15, 0.2) is 48.5 Å². The third-order valence-electron chi connectivity index (χ3n) is 5.52. The van der Waals surface area contributed by atoms with Crippen LogP contribution in [0.4, 0.5) is 0 Å². The first-order chi connectivity index (χ1) is 15.2. The van der Waals surface area contributed by atoms with E-state index in [1.165, 1.54) is 0 Å². The number of aliphatic hydroxyl groups is 1.